The van der Waals surface area contributed by atoms with Crippen molar-refractivity contribution in [3.63, 3.8) is 0 Å². The number of hydrogen-bond acceptors (Lipinski definition) is 3. The van der Waals surface area contributed by atoms with Gasteiger partial charge >= 0.3 is 0 Å². The summed E-state index contributed by atoms with van der Waals surface area (Å²) in [7, 11) is 0. The number of carbonyl (C=O) groups excluding carboxylic acids is 2. The van der Waals surface area contributed by atoms with Crippen molar-refractivity contribution in [2.24, 2.45) is 0 Å². The molecule has 2 rings (SSSR count). The maximum Gasteiger partial charge on any atom is 0.263 e. The molecule has 0 saturated carbocycles. The fourth-order valence-corrected chi connectivity index (χ4v) is 2.87. The van der Waals surface area contributed by atoms with Gasteiger partial charge in [-0.15, -0.1) is 11.6 Å². The number of rotatable bonds is 5. The van der Waals surface area contributed by atoms with E-state index in [2.05, 4.69) is 13.8 Å². The van der Waals surface area contributed by atoms with Crippen molar-refractivity contribution in [2.45, 2.75) is 32.8 Å². The highest BCUT2D eigenvalue weighted by Gasteiger charge is 2.27. The maximum absolute atomic E-state index is 12.5. The van der Waals surface area contributed by atoms with Crippen LogP contribution in [-0.2, 0) is 9.59 Å². The fraction of sp³-hybridized carbons (Fsp3) is 0.556. The Morgan fingerprint density at radius 2 is 1.58 bits per heavy atom. The summed E-state index contributed by atoms with van der Waals surface area (Å²) in [6, 6.07) is 7.84. The topological polar surface area (TPSA) is 49.9 Å². The van der Waals surface area contributed by atoms with Crippen LogP contribution < -0.4 is 4.74 Å². The van der Waals surface area contributed by atoms with Crippen LogP contribution in [0.25, 0.3) is 0 Å². The summed E-state index contributed by atoms with van der Waals surface area (Å²) < 4.78 is 5.77. The molecule has 0 aromatic heterocycles. The molecule has 1 aromatic carbocycles. The molecule has 1 saturated heterocycles. The molecule has 24 heavy (non-hydrogen) atoms. The Morgan fingerprint density at radius 3 is 2.08 bits per heavy atom. The second-order valence-electron chi connectivity index (χ2n) is 6.32. The predicted molar refractivity (Wildman–Crippen MR) is 94.5 cm³/mol. The fourth-order valence-electron chi connectivity index (χ4n) is 2.70. The molecular weight excluding hydrogens is 328 g/mol. The number of nitrogens with zero attached hydrogens (tertiary/aromatic N) is 2. The molecule has 0 radical (unpaired) electrons. The third kappa shape index (κ3) is 4.63. The molecule has 0 spiro atoms. The van der Waals surface area contributed by atoms with Crippen LogP contribution in [0.2, 0.25) is 0 Å². The molecule has 2 amide bonds. The monoisotopic (exact) mass is 352 g/mol. The average molecular weight is 353 g/mol. The van der Waals surface area contributed by atoms with E-state index in [0.29, 0.717) is 37.8 Å². The van der Waals surface area contributed by atoms with Gasteiger partial charge in [0.05, 0.1) is 0 Å². The molecule has 0 bridgehead atoms. The van der Waals surface area contributed by atoms with E-state index < -0.39 is 6.10 Å². The normalized spacial score (nSPS) is 16.2. The van der Waals surface area contributed by atoms with Crippen molar-refractivity contribution < 1.29 is 14.3 Å². The van der Waals surface area contributed by atoms with Gasteiger partial charge < -0.3 is 14.5 Å². The number of piperazine rings is 1. The minimum atomic E-state index is -0.551. The molecule has 1 unspecified atom stereocenters. The Labute approximate surface area is 148 Å². The molecule has 0 aliphatic carbocycles. The third-order valence-electron chi connectivity index (χ3n) is 4.27. The number of benzene rings is 1. The van der Waals surface area contributed by atoms with E-state index in [-0.39, 0.29) is 17.7 Å². The second-order valence-corrected chi connectivity index (χ2v) is 6.59. The molecule has 0 N–H and O–H groups in total. The van der Waals surface area contributed by atoms with Gasteiger partial charge in [-0.05, 0) is 30.5 Å². The van der Waals surface area contributed by atoms with Crippen molar-refractivity contribution in [3.05, 3.63) is 29.8 Å². The first kappa shape index (κ1) is 18.6. The first-order chi connectivity index (χ1) is 11.4. The second kappa shape index (κ2) is 8.38. The standard InChI is InChI=1S/C18H25ClN2O3/c1-13(2)15-4-6-16(7-5-15)24-14(3)18(23)21-10-8-20(9-11-21)17(22)12-19/h4-7,13-14H,8-12H2,1-3H3. The highest BCUT2D eigenvalue weighted by atomic mass is 35.5. The van der Waals surface area contributed by atoms with E-state index in [9.17, 15) is 9.59 Å². The molecule has 5 nitrogen and oxygen atoms in total. The zero-order chi connectivity index (χ0) is 17.7. The molecule has 1 heterocycles. The lowest BCUT2D eigenvalue weighted by molar-refractivity contribution is -0.143. The summed E-state index contributed by atoms with van der Waals surface area (Å²) in [6.07, 6.45) is -0.551. The van der Waals surface area contributed by atoms with E-state index in [4.69, 9.17) is 16.3 Å². The number of hydrogen-bond donors (Lipinski definition) is 0. The van der Waals surface area contributed by atoms with Gasteiger partial charge in [-0.3, -0.25) is 9.59 Å². The van der Waals surface area contributed by atoms with Gasteiger partial charge in [-0.25, -0.2) is 0 Å². The molecule has 1 fully saturated rings. The Morgan fingerprint density at radius 1 is 1.04 bits per heavy atom. The van der Waals surface area contributed by atoms with Crippen LogP contribution in [0.4, 0.5) is 0 Å². The van der Waals surface area contributed by atoms with Crippen molar-refractivity contribution in [2.75, 3.05) is 32.1 Å². The minimum absolute atomic E-state index is 0.0141. The van der Waals surface area contributed by atoms with Crippen molar-refractivity contribution in [1.82, 2.24) is 9.80 Å². The van der Waals surface area contributed by atoms with Gasteiger partial charge in [-0.2, -0.15) is 0 Å². The smallest absolute Gasteiger partial charge is 0.263 e. The van der Waals surface area contributed by atoms with Crippen LogP contribution in [0.15, 0.2) is 24.3 Å². The van der Waals surface area contributed by atoms with Crippen LogP contribution in [0.5, 0.6) is 5.75 Å². The molecule has 6 heteroatoms. The first-order valence-electron chi connectivity index (χ1n) is 8.31. The molecule has 1 aromatic rings. The van der Waals surface area contributed by atoms with Crippen LogP contribution in [0.1, 0.15) is 32.3 Å². The summed E-state index contributed by atoms with van der Waals surface area (Å²) in [5.74, 6) is 1.00. The van der Waals surface area contributed by atoms with Crippen molar-refractivity contribution in [3.8, 4) is 5.75 Å². The van der Waals surface area contributed by atoms with Crippen LogP contribution >= 0.6 is 11.6 Å². The van der Waals surface area contributed by atoms with E-state index in [0.717, 1.165) is 0 Å². The number of carbonyl (C=O) groups is 2. The molecule has 1 aliphatic heterocycles. The molecular formula is C18H25ClN2O3. The zero-order valence-corrected chi connectivity index (χ0v) is 15.3. The summed E-state index contributed by atoms with van der Waals surface area (Å²) >= 11 is 5.56. The number of ether oxygens (including phenoxy) is 1. The summed E-state index contributed by atoms with van der Waals surface area (Å²) in [6.45, 7) is 8.10. The van der Waals surface area contributed by atoms with Gasteiger partial charge in [0.15, 0.2) is 6.10 Å². The lowest BCUT2D eigenvalue weighted by Gasteiger charge is -2.35. The minimum Gasteiger partial charge on any atom is -0.481 e. The van der Waals surface area contributed by atoms with Gasteiger partial charge in [0, 0.05) is 26.2 Å². The largest absolute Gasteiger partial charge is 0.481 e. The quantitative estimate of drug-likeness (QED) is 0.765. The highest BCUT2D eigenvalue weighted by Crippen LogP contribution is 2.20. The maximum atomic E-state index is 12.5. The van der Waals surface area contributed by atoms with E-state index >= 15 is 0 Å². The third-order valence-corrected chi connectivity index (χ3v) is 4.49. The van der Waals surface area contributed by atoms with Crippen LogP contribution in [0.3, 0.4) is 0 Å². The Bertz CT molecular complexity index is 566. The summed E-state index contributed by atoms with van der Waals surface area (Å²) in [5.41, 5.74) is 1.24. The number of amides is 2. The SMILES string of the molecule is CC(Oc1ccc(C(C)C)cc1)C(=O)N1CCN(C(=O)CCl)CC1. The lowest BCUT2D eigenvalue weighted by atomic mass is 10.0. The Balaban J connectivity index is 1.87. The van der Waals surface area contributed by atoms with Gasteiger partial charge in [0.25, 0.3) is 5.91 Å². The molecule has 132 valence electrons. The molecule has 1 aliphatic rings. The van der Waals surface area contributed by atoms with Crippen LogP contribution in [0, 0.1) is 0 Å². The molecule has 1 atom stereocenters. The Hall–Kier alpha value is -1.75. The van der Waals surface area contributed by atoms with Crippen molar-refractivity contribution in [1.29, 1.82) is 0 Å². The first-order valence-corrected chi connectivity index (χ1v) is 8.85. The highest BCUT2D eigenvalue weighted by molar-refractivity contribution is 6.27. The van der Waals surface area contributed by atoms with Gasteiger partial charge in [0.2, 0.25) is 5.91 Å². The van der Waals surface area contributed by atoms with E-state index in [1.807, 2.05) is 24.3 Å². The lowest BCUT2D eigenvalue weighted by Crippen LogP contribution is -2.53. The van der Waals surface area contributed by atoms with Crippen LogP contribution in [-0.4, -0.2) is 59.8 Å². The summed E-state index contributed by atoms with van der Waals surface area (Å²) in [5, 5.41) is 0. The number of halogens is 1. The van der Waals surface area contributed by atoms with E-state index in [1.54, 1.807) is 16.7 Å². The van der Waals surface area contributed by atoms with Gasteiger partial charge in [-0.1, -0.05) is 26.0 Å². The zero-order valence-electron chi connectivity index (χ0n) is 14.5. The van der Waals surface area contributed by atoms with E-state index in [1.165, 1.54) is 5.56 Å². The average Bonchev–Trinajstić information content (AvgIpc) is 2.61. The Kier molecular flexibility index (Phi) is 6.49. The van der Waals surface area contributed by atoms with Crippen molar-refractivity contribution >= 4 is 23.4 Å². The summed E-state index contributed by atoms with van der Waals surface area (Å²) in [4.78, 5) is 27.5. The predicted octanol–water partition coefficient (Wildman–Crippen LogP) is 2.49. The number of alkyl halides is 1. The van der Waals surface area contributed by atoms with Gasteiger partial charge in [0.1, 0.15) is 11.6 Å².